The summed E-state index contributed by atoms with van der Waals surface area (Å²) in [7, 11) is 0. The molecule has 0 radical (unpaired) electrons. The van der Waals surface area contributed by atoms with E-state index in [1.807, 2.05) is 42.3 Å². The fraction of sp³-hybridized carbons (Fsp3) is 0.500. The van der Waals surface area contributed by atoms with Crippen molar-refractivity contribution in [2.24, 2.45) is 0 Å². The molecule has 0 bridgehead atoms. The molecule has 0 N–H and O–H groups in total. The van der Waals surface area contributed by atoms with Crippen LogP contribution in [0.5, 0.6) is 0 Å². The zero-order valence-corrected chi connectivity index (χ0v) is 14.5. The lowest BCUT2D eigenvalue weighted by Gasteiger charge is -2.35. The van der Waals surface area contributed by atoms with Crippen molar-refractivity contribution in [1.82, 2.24) is 14.5 Å². The third-order valence-corrected chi connectivity index (χ3v) is 5.27. The van der Waals surface area contributed by atoms with Crippen LogP contribution in [0.3, 0.4) is 0 Å². The van der Waals surface area contributed by atoms with Crippen molar-refractivity contribution < 1.29 is 4.79 Å². The summed E-state index contributed by atoms with van der Waals surface area (Å²) < 4.78 is 2.41. The predicted molar refractivity (Wildman–Crippen MR) is 94.3 cm³/mol. The number of imidazole rings is 1. The van der Waals surface area contributed by atoms with Crippen LogP contribution in [-0.4, -0.2) is 33.4 Å². The standard InChI is InChI=1S/C20H25N3O/c1-14-5-3-6-17(11-14)20(24)22-10-4-7-18(13-22)23-15(2)12-21-19(23)16-8-9-16/h3,5-6,11-12,16,18H,4,7-10,13H2,1-2H3. The Balaban J connectivity index is 1.56. The summed E-state index contributed by atoms with van der Waals surface area (Å²) in [4.78, 5) is 19.6. The van der Waals surface area contributed by atoms with E-state index in [1.165, 1.54) is 24.4 Å². The second kappa shape index (κ2) is 6.08. The predicted octanol–water partition coefficient (Wildman–Crippen LogP) is 3.85. The van der Waals surface area contributed by atoms with Gasteiger partial charge in [0.15, 0.2) is 0 Å². The molecule has 2 aliphatic rings. The van der Waals surface area contributed by atoms with Crippen molar-refractivity contribution in [3.8, 4) is 0 Å². The molecule has 4 nitrogen and oxygen atoms in total. The zero-order valence-electron chi connectivity index (χ0n) is 14.5. The number of piperidine rings is 1. The first-order chi connectivity index (χ1) is 11.6. The average Bonchev–Trinajstić information content (AvgIpc) is 3.36. The van der Waals surface area contributed by atoms with Crippen LogP contribution in [0, 0.1) is 13.8 Å². The summed E-state index contributed by atoms with van der Waals surface area (Å²) in [6.07, 6.45) is 6.71. The highest BCUT2D eigenvalue weighted by molar-refractivity contribution is 5.94. The second-order valence-corrected chi connectivity index (χ2v) is 7.32. The molecule has 1 atom stereocenters. The Kier molecular flexibility index (Phi) is 3.91. The smallest absolute Gasteiger partial charge is 0.253 e. The van der Waals surface area contributed by atoms with Gasteiger partial charge in [-0.2, -0.15) is 0 Å². The lowest BCUT2D eigenvalue weighted by Crippen LogP contribution is -2.41. The number of nitrogens with zero attached hydrogens (tertiary/aromatic N) is 3. The Morgan fingerprint density at radius 3 is 2.79 bits per heavy atom. The van der Waals surface area contributed by atoms with Crippen LogP contribution >= 0.6 is 0 Å². The van der Waals surface area contributed by atoms with Crippen molar-refractivity contribution in [2.45, 2.75) is 51.5 Å². The molecule has 1 aliphatic carbocycles. The van der Waals surface area contributed by atoms with Gasteiger partial charge < -0.3 is 9.47 Å². The van der Waals surface area contributed by atoms with Gasteiger partial charge in [0.1, 0.15) is 5.82 Å². The Morgan fingerprint density at radius 2 is 2.04 bits per heavy atom. The molecule has 1 unspecified atom stereocenters. The van der Waals surface area contributed by atoms with Crippen molar-refractivity contribution in [3.63, 3.8) is 0 Å². The maximum Gasteiger partial charge on any atom is 0.253 e. The number of aromatic nitrogens is 2. The molecular weight excluding hydrogens is 298 g/mol. The minimum Gasteiger partial charge on any atom is -0.337 e. The van der Waals surface area contributed by atoms with Crippen molar-refractivity contribution in [1.29, 1.82) is 0 Å². The van der Waals surface area contributed by atoms with Gasteiger partial charge in [-0.3, -0.25) is 4.79 Å². The van der Waals surface area contributed by atoms with Crippen LogP contribution in [0.15, 0.2) is 30.5 Å². The molecule has 1 aromatic heterocycles. The third kappa shape index (κ3) is 2.85. The highest BCUT2D eigenvalue weighted by Crippen LogP contribution is 2.41. The van der Waals surface area contributed by atoms with Gasteiger partial charge in [-0.25, -0.2) is 4.98 Å². The highest BCUT2D eigenvalue weighted by Gasteiger charge is 2.33. The van der Waals surface area contributed by atoms with Crippen LogP contribution in [0.25, 0.3) is 0 Å². The summed E-state index contributed by atoms with van der Waals surface area (Å²) in [6.45, 7) is 5.83. The molecule has 24 heavy (non-hydrogen) atoms. The van der Waals surface area contributed by atoms with Gasteiger partial charge >= 0.3 is 0 Å². The second-order valence-electron chi connectivity index (χ2n) is 7.32. The van der Waals surface area contributed by atoms with Gasteiger partial charge in [0, 0.05) is 36.5 Å². The van der Waals surface area contributed by atoms with Crippen molar-refractivity contribution in [3.05, 3.63) is 53.1 Å². The first kappa shape index (κ1) is 15.4. The lowest BCUT2D eigenvalue weighted by molar-refractivity contribution is 0.0676. The Morgan fingerprint density at radius 1 is 1.21 bits per heavy atom. The first-order valence-electron chi connectivity index (χ1n) is 9.03. The van der Waals surface area contributed by atoms with E-state index >= 15 is 0 Å². The molecule has 1 aromatic carbocycles. The van der Waals surface area contributed by atoms with Gasteiger partial charge in [-0.15, -0.1) is 0 Å². The number of carbonyl (C=O) groups excluding carboxylic acids is 1. The van der Waals surface area contributed by atoms with Gasteiger partial charge in [0.25, 0.3) is 5.91 Å². The topological polar surface area (TPSA) is 38.1 Å². The number of rotatable bonds is 3. The molecule has 4 rings (SSSR count). The van der Waals surface area contributed by atoms with E-state index in [0.717, 1.165) is 37.1 Å². The van der Waals surface area contributed by atoms with E-state index in [4.69, 9.17) is 0 Å². The molecule has 0 spiro atoms. The van der Waals surface area contributed by atoms with Crippen molar-refractivity contribution in [2.75, 3.05) is 13.1 Å². The Hall–Kier alpha value is -2.10. The van der Waals surface area contributed by atoms with Crippen LogP contribution in [0.2, 0.25) is 0 Å². The monoisotopic (exact) mass is 323 g/mol. The van der Waals surface area contributed by atoms with E-state index in [-0.39, 0.29) is 5.91 Å². The zero-order chi connectivity index (χ0) is 16.7. The molecule has 1 amide bonds. The van der Waals surface area contributed by atoms with E-state index in [0.29, 0.717) is 12.0 Å². The number of hydrogen-bond donors (Lipinski definition) is 0. The van der Waals surface area contributed by atoms with Gasteiger partial charge in [-0.1, -0.05) is 17.7 Å². The quantitative estimate of drug-likeness (QED) is 0.860. The van der Waals surface area contributed by atoms with Crippen LogP contribution in [0.1, 0.15) is 65.1 Å². The molecule has 2 heterocycles. The Bertz CT molecular complexity index is 760. The minimum atomic E-state index is 0.161. The van der Waals surface area contributed by atoms with Crippen molar-refractivity contribution >= 4 is 5.91 Å². The van der Waals surface area contributed by atoms with E-state index in [9.17, 15) is 4.79 Å². The number of hydrogen-bond acceptors (Lipinski definition) is 2. The molecule has 2 fully saturated rings. The average molecular weight is 323 g/mol. The van der Waals surface area contributed by atoms with Crippen LogP contribution in [-0.2, 0) is 0 Å². The third-order valence-electron chi connectivity index (χ3n) is 5.27. The molecule has 2 aromatic rings. The fourth-order valence-corrected chi connectivity index (χ4v) is 3.89. The SMILES string of the molecule is Cc1cccc(C(=O)N2CCCC(n3c(C)cnc3C3CC3)C2)c1. The fourth-order valence-electron chi connectivity index (χ4n) is 3.89. The molecule has 1 saturated heterocycles. The summed E-state index contributed by atoms with van der Waals surface area (Å²) in [6, 6.07) is 8.29. The largest absolute Gasteiger partial charge is 0.337 e. The molecular formula is C20H25N3O. The van der Waals surface area contributed by atoms with Gasteiger partial charge in [0.05, 0.1) is 6.04 Å². The number of amides is 1. The summed E-state index contributed by atoms with van der Waals surface area (Å²) in [5.74, 6) is 2.04. The van der Waals surface area contributed by atoms with E-state index < -0.39 is 0 Å². The number of benzene rings is 1. The first-order valence-corrected chi connectivity index (χ1v) is 9.03. The van der Waals surface area contributed by atoms with Gasteiger partial charge in [-0.05, 0) is 51.7 Å². The lowest BCUT2D eigenvalue weighted by atomic mass is 10.0. The Labute approximate surface area is 143 Å². The van der Waals surface area contributed by atoms with Crippen LogP contribution < -0.4 is 0 Å². The molecule has 1 aliphatic heterocycles. The normalized spacial score (nSPS) is 21.1. The highest BCUT2D eigenvalue weighted by atomic mass is 16.2. The van der Waals surface area contributed by atoms with E-state index in [1.54, 1.807) is 0 Å². The number of carbonyl (C=O) groups is 1. The van der Waals surface area contributed by atoms with Crippen LogP contribution in [0.4, 0.5) is 0 Å². The number of aryl methyl sites for hydroxylation is 2. The summed E-state index contributed by atoms with van der Waals surface area (Å²) in [5, 5.41) is 0. The number of likely N-dealkylation sites (tertiary alicyclic amines) is 1. The summed E-state index contributed by atoms with van der Waals surface area (Å²) in [5.41, 5.74) is 3.17. The van der Waals surface area contributed by atoms with Gasteiger partial charge in [0.2, 0.25) is 0 Å². The maximum atomic E-state index is 12.9. The summed E-state index contributed by atoms with van der Waals surface area (Å²) >= 11 is 0. The molecule has 1 saturated carbocycles. The maximum absolute atomic E-state index is 12.9. The molecule has 126 valence electrons. The molecule has 4 heteroatoms. The van der Waals surface area contributed by atoms with E-state index in [2.05, 4.69) is 16.5 Å². The minimum absolute atomic E-state index is 0.161.